The number of rotatable bonds is 6. The summed E-state index contributed by atoms with van der Waals surface area (Å²) in [7, 11) is 2.76. The first kappa shape index (κ1) is 26.7. The summed E-state index contributed by atoms with van der Waals surface area (Å²) in [6.45, 7) is 0.172. The number of alkyl halides is 2. The Kier molecular flexibility index (Phi) is 7.34. The molecule has 3 heterocycles. The lowest BCUT2D eigenvalue weighted by Gasteiger charge is -2.31. The van der Waals surface area contributed by atoms with E-state index in [0.29, 0.717) is 42.9 Å². The third-order valence-corrected chi connectivity index (χ3v) is 7.43. The topological polar surface area (TPSA) is 120 Å². The van der Waals surface area contributed by atoms with Crippen LogP contribution in [0, 0.1) is 0 Å². The van der Waals surface area contributed by atoms with Crippen LogP contribution >= 0.6 is 0 Å². The molecule has 0 unspecified atom stereocenters. The molecule has 1 aromatic heterocycles. The first-order chi connectivity index (χ1) is 18.7. The molecule has 1 aromatic carbocycles. The predicted molar refractivity (Wildman–Crippen MR) is 140 cm³/mol. The Balaban J connectivity index is 1.39. The lowest BCUT2D eigenvalue weighted by molar-refractivity contribution is -0.140. The Hall–Kier alpha value is -3.87. The second-order valence-corrected chi connectivity index (χ2v) is 10.0. The van der Waals surface area contributed by atoms with Crippen LogP contribution in [0.2, 0.25) is 0 Å². The largest absolute Gasteiger partial charge is 0.495 e. The molecule has 2 aromatic rings. The monoisotopic (exact) mass is 543 g/mol. The second kappa shape index (κ2) is 10.7. The SMILES string of the molecule is COc1cc(C(=O)NN2CCC(=O)CC2)ccc1Nc1ncc2c(n1)N(C1CCCC1)CC(F)(F)C(=O)N2C. The molecule has 2 fully saturated rings. The van der Waals surface area contributed by atoms with Crippen LogP contribution in [0.5, 0.6) is 5.75 Å². The van der Waals surface area contributed by atoms with E-state index in [2.05, 4.69) is 20.7 Å². The van der Waals surface area contributed by atoms with Gasteiger partial charge < -0.3 is 19.9 Å². The molecule has 5 rings (SSSR count). The van der Waals surface area contributed by atoms with Crippen LogP contribution in [0.1, 0.15) is 48.9 Å². The Bertz CT molecular complexity index is 1270. The number of anilines is 4. The summed E-state index contributed by atoms with van der Waals surface area (Å²) in [5.41, 5.74) is 3.84. The minimum Gasteiger partial charge on any atom is -0.495 e. The summed E-state index contributed by atoms with van der Waals surface area (Å²) in [5.74, 6) is -4.26. The fourth-order valence-electron chi connectivity index (χ4n) is 5.24. The maximum atomic E-state index is 14.8. The van der Waals surface area contributed by atoms with Crippen LogP contribution in [0.25, 0.3) is 0 Å². The van der Waals surface area contributed by atoms with Gasteiger partial charge in [0, 0.05) is 44.6 Å². The molecule has 3 aliphatic rings. The van der Waals surface area contributed by atoms with Gasteiger partial charge in [-0.25, -0.2) is 9.99 Å². The number of methoxy groups -OCH3 is 1. The number of halogens is 2. The zero-order chi connectivity index (χ0) is 27.7. The highest BCUT2D eigenvalue weighted by molar-refractivity contribution is 6.02. The second-order valence-electron chi connectivity index (χ2n) is 10.0. The van der Waals surface area contributed by atoms with Crippen LogP contribution in [-0.4, -0.2) is 78.3 Å². The number of hydrazine groups is 1. The average molecular weight is 544 g/mol. The highest BCUT2D eigenvalue weighted by Crippen LogP contribution is 2.40. The molecule has 2 amide bonds. The highest BCUT2D eigenvalue weighted by Gasteiger charge is 2.48. The van der Waals surface area contributed by atoms with E-state index in [9.17, 15) is 23.2 Å². The van der Waals surface area contributed by atoms with Crippen LogP contribution in [0.4, 0.5) is 31.9 Å². The van der Waals surface area contributed by atoms with E-state index < -0.39 is 18.4 Å². The molecule has 39 heavy (non-hydrogen) atoms. The van der Waals surface area contributed by atoms with Gasteiger partial charge >= 0.3 is 5.92 Å². The molecule has 0 bridgehead atoms. The van der Waals surface area contributed by atoms with E-state index in [4.69, 9.17) is 4.74 Å². The van der Waals surface area contributed by atoms with E-state index in [1.165, 1.54) is 25.3 Å². The first-order valence-corrected chi connectivity index (χ1v) is 13.0. The van der Waals surface area contributed by atoms with E-state index in [0.717, 1.165) is 30.6 Å². The number of nitrogens with zero attached hydrogens (tertiary/aromatic N) is 5. The van der Waals surface area contributed by atoms with Crippen molar-refractivity contribution >= 4 is 40.7 Å². The first-order valence-electron chi connectivity index (χ1n) is 13.0. The number of Topliss-reactive ketones (excluding diaryl/α,β-unsaturated/α-hetero) is 1. The van der Waals surface area contributed by atoms with Crippen LogP contribution in [0.15, 0.2) is 24.4 Å². The number of aromatic nitrogens is 2. The molecule has 1 saturated heterocycles. The summed E-state index contributed by atoms with van der Waals surface area (Å²) in [6, 6.07) is 4.66. The van der Waals surface area contributed by atoms with Gasteiger partial charge in [0.2, 0.25) is 5.95 Å². The Morgan fingerprint density at radius 2 is 1.87 bits per heavy atom. The Labute approximate surface area is 224 Å². The molecule has 0 spiro atoms. The van der Waals surface area contributed by atoms with Gasteiger partial charge in [-0.15, -0.1) is 0 Å². The van der Waals surface area contributed by atoms with E-state index in [-0.39, 0.29) is 35.2 Å². The standard InChI is InChI=1S/C26H31F2N7O4/c1-33-20-14-29-25(31-22(20)35(17-5-3-4-6-17)15-26(27,28)24(33)38)30-19-8-7-16(13-21(19)39-2)23(37)32-34-11-9-18(36)10-12-34/h7-8,13-14,17H,3-6,9-12,15H2,1-2H3,(H,32,37)(H,29,30,31). The Morgan fingerprint density at radius 1 is 1.15 bits per heavy atom. The van der Waals surface area contributed by atoms with Crippen LogP contribution < -0.4 is 25.3 Å². The molecular formula is C26H31F2N7O4. The van der Waals surface area contributed by atoms with Crippen molar-refractivity contribution in [2.75, 3.05) is 48.9 Å². The van der Waals surface area contributed by atoms with Crippen LogP contribution in [-0.2, 0) is 9.59 Å². The molecule has 208 valence electrons. The summed E-state index contributed by atoms with van der Waals surface area (Å²) in [4.78, 5) is 48.0. The minimum atomic E-state index is -3.56. The van der Waals surface area contributed by atoms with Crippen molar-refractivity contribution in [1.29, 1.82) is 0 Å². The molecule has 1 aliphatic carbocycles. The van der Waals surface area contributed by atoms with Gasteiger partial charge in [-0.3, -0.25) is 19.8 Å². The zero-order valence-corrected chi connectivity index (χ0v) is 21.9. The molecular weight excluding hydrogens is 512 g/mol. The molecule has 0 radical (unpaired) electrons. The number of hydrogen-bond donors (Lipinski definition) is 2. The van der Waals surface area contributed by atoms with E-state index >= 15 is 0 Å². The number of nitrogens with one attached hydrogen (secondary N) is 2. The van der Waals surface area contributed by atoms with Crippen molar-refractivity contribution in [3.05, 3.63) is 30.0 Å². The van der Waals surface area contributed by atoms with E-state index in [1.54, 1.807) is 23.2 Å². The number of carbonyl (C=O) groups excluding carboxylic acids is 3. The minimum absolute atomic E-state index is 0.135. The van der Waals surface area contributed by atoms with Crippen molar-refractivity contribution in [2.24, 2.45) is 0 Å². The zero-order valence-electron chi connectivity index (χ0n) is 21.9. The number of hydrogen-bond acceptors (Lipinski definition) is 9. The third kappa shape index (κ3) is 5.49. The number of benzene rings is 1. The summed E-state index contributed by atoms with van der Waals surface area (Å²) < 4.78 is 35.1. The van der Waals surface area contributed by atoms with Crippen molar-refractivity contribution in [2.45, 2.75) is 50.5 Å². The number of fused-ring (bicyclic) bond motifs is 1. The number of amides is 2. The fraction of sp³-hybridized carbons (Fsp3) is 0.500. The molecule has 2 aliphatic heterocycles. The predicted octanol–water partition coefficient (Wildman–Crippen LogP) is 2.90. The summed E-state index contributed by atoms with van der Waals surface area (Å²) in [5, 5.41) is 4.78. The molecule has 2 N–H and O–H groups in total. The fourth-order valence-corrected chi connectivity index (χ4v) is 5.24. The molecule has 13 heteroatoms. The highest BCUT2D eigenvalue weighted by atomic mass is 19.3. The lowest BCUT2D eigenvalue weighted by Crippen LogP contribution is -2.48. The van der Waals surface area contributed by atoms with Gasteiger partial charge in [0.25, 0.3) is 11.8 Å². The smallest absolute Gasteiger partial charge is 0.342 e. The van der Waals surface area contributed by atoms with E-state index in [1.807, 2.05) is 0 Å². The average Bonchev–Trinajstić information content (AvgIpc) is 3.45. The molecule has 11 nitrogen and oxygen atoms in total. The number of carbonyl (C=O) groups is 3. The van der Waals surface area contributed by atoms with Gasteiger partial charge in [-0.05, 0) is 31.0 Å². The van der Waals surface area contributed by atoms with Gasteiger partial charge in [-0.1, -0.05) is 12.8 Å². The lowest BCUT2D eigenvalue weighted by atomic mass is 10.1. The van der Waals surface area contributed by atoms with Crippen LogP contribution in [0.3, 0.4) is 0 Å². The number of ether oxygens (including phenoxy) is 1. The Morgan fingerprint density at radius 3 is 2.56 bits per heavy atom. The maximum Gasteiger partial charge on any atom is 0.342 e. The van der Waals surface area contributed by atoms with Gasteiger partial charge in [0.15, 0.2) is 5.82 Å². The van der Waals surface area contributed by atoms with Gasteiger partial charge in [0.1, 0.15) is 17.2 Å². The van der Waals surface area contributed by atoms with Crippen molar-refractivity contribution in [3.8, 4) is 5.75 Å². The van der Waals surface area contributed by atoms with Crippen molar-refractivity contribution < 1.29 is 27.9 Å². The van der Waals surface area contributed by atoms with Crippen molar-refractivity contribution in [1.82, 2.24) is 20.4 Å². The molecule has 0 atom stereocenters. The number of piperidine rings is 1. The normalized spacial score (nSPS) is 20.0. The van der Waals surface area contributed by atoms with Gasteiger partial charge in [-0.2, -0.15) is 13.8 Å². The van der Waals surface area contributed by atoms with Gasteiger partial charge in [0.05, 0.1) is 25.5 Å². The van der Waals surface area contributed by atoms with Crippen molar-refractivity contribution in [3.63, 3.8) is 0 Å². The quantitative estimate of drug-likeness (QED) is 0.567. The summed E-state index contributed by atoms with van der Waals surface area (Å²) in [6.07, 6.45) is 5.49. The third-order valence-electron chi connectivity index (χ3n) is 7.43. The maximum absolute atomic E-state index is 14.8. The molecule has 1 saturated carbocycles. The number of ketones is 1. The summed E-state index contributed by atoms with van der Waals surface area (Å²) >= 11 is 0.